The van der Waals surface area contributed by atoms with Crippen molar-refractivity contribution in [3.8, 4) is 5.69 Å². The maximum Gasteiger partial charge on any atom is 0.326 e. The van der Waals surface area contributed by atoms with E-state index in [-0.39, 0.29) is 11.8 Å². The zero-order chi connectivity index (χ0) is 18.0. The van der Waals surface area contributed by atoms with Crippen molar-refractivity contribution in [2.24, 2.45) is 0 Å². The van der Waals surface area contributed by atoms with Gasteiger partial charge in [-0.3, -0.25) is 4.79 Å². The Kier molecular flexibility index (Phi) is 5.29. The van der Waals surface area contributed by atoms with Crippen LogP contribution >= 0.6 is 11.6 Å². The number of amides is 1. The molecule has 2 aromatic rings. The number of hydrogen-bond acceptors (Lipinski definition) is 3. The first-order valence-electron chi connectivity index (χ1n) is 7.57. The first-order chi connectivity index (χ1) is 11.2. The van der Waals surface area contributed by atoms with E-state index in [1.807, 2.05) is 26.0 Å². The van der Waals surface area contributed by atoms with Crippen molar-refractivity contribution in [2.45, 2.75) is 32.7 Å². The molecule has 24 heavy (non-hydrogen) atoms. The monoisotopic (exact) mass is 349 g/mol. The highest BCUT2D eigenvalue weighted by atomic mass is 35.5. The summed E-state index contributed by atoms with van der Waals surface area (Å²) in [5.41, 5.74) is 1.85. The normalized spacial score (nSPS) is 12.2. The lowest BCUT2D eigenvalue weighted by molar-refractivity contribution is -0.141. The van der Waals surface area contributed by atoms with Gasteiger partial charge in [0.15, 0.2) is 0 Å². The summed E-state index contributed by atoms with van der Waals surface area (Å²) in [6, 6.07) is 6.26. The number of carbonyl (C=O) groups excluding carboxylic acids is 1. The van der Waals surface area contributed by atoms with Crippen molar-refractivity contribution in [3.63, 3.8) is 0 Å². The third-order valence-electron chi connectivity index (χ3n) is 3.90. The van der Waals surface area contributed by atoms with Gasteiger partial charge in [0.1, 0.15) is 6.04 Å². The van der Waals surface area contributed by atoms with Gasteiger partial charge in [-0.15, -0.1) is 0 Å². The number of benzene rings is 1. The molecule has 1 heterocycles. The van der Waals surface area contributed by atoms with Gasteiger partial charge in [0.05, 0.1) is 23.1 Å². The molecule has 2 rings (SSSR count). The molecule has 1 aromatic carbocycles. The van der Waals surface area contributed by atoms with E-state index in [2.05, 4.69) is 5.10 Å². The van der Waals surface area contributed by atoms with E-state index in [1.54, 1.807) is 16.8 Å². The number of carboxylic acids is 1. The van der Waals surface area contributed by atoms with Gasteiger partial charge in [-0.2, -0.15) is 5.10 Å². The van der Waals surface area contributed by atoms with Crippen LogP contribution in [0.4, 0.5) is 0 Å². The van der Waals surface area contributed by atoms with E-state index in [0.29, 0.717) is 16.3 Å². The highest BCUT2D eigenvalue weighted by Crippen LogP contribution is 2.25. The number of carbonyl (C=O) groups is 2. The third-order valence-corrected chi connectivity index (χ3v) is 4.13. The van der Waals surface area contributed by atoms with E-state index in [4.69, 9.17) is 16.7 Å². The van der Waals surface area contributed by atoms with Crippen LogP contribution in [0.3, 0.4) is 0 Å². The quantitative estimate of drug-likeness (QED) is 0.899. The molecule has 7 heteroatoms. The Morgan fingerprint density at radius 2 is 1.96 bits per heavy atom. The van der Waals surface area contributed by atoms with Crippen molar-refractivity contribution >= 4 is 23.5 Å². The van der Waals surface area contributed by atoms with Crippen molar-refractivity contribution in [3.05, 3.63) is 46.7 Å². The van der Waals surface area contributed by atoms with E-state index in [1.165, 1.54) is 25.1 Å². The van der Waals surface area contributed by atoms with Crippen molar-refractivity contribution in [1.29, 1.82) is 0 Å². The maximum atomic E-state index is 12.7. The van der Waals surface area contributed by atoms with Crippen LogP contribution in [0.1, 0.15) is 42.7 Å². The Bertz CT molecular complexity index is 770. The number of halogens is 1. The molecule has 1 amide bonds. The summed E-state index contributed by atoms with van der Waals surface area (Å²) in [7, 11) is 1.47. The van der Waals surface area contributed by atoms with E-state index in [0.717, 1.165) is 5.69 Å². The number of aromatic nitrogens is 2. The molecule has 128 valence electrons. The second kappa shape index (κ2) is 7.05. The number of aliphatic carboxylic acids is 1. The maximum absolute atomic E-state index is 12.7. The minimum Gasteiger partial charge on any atom is -0.480 e. The predicted molar refractivity (Wildman–Crippen MR) is 91.9 cm³/mol. The highest BCUT2D eigenvalue weighted by molar-refractivity contribution is 6.30. The molecule has 0 aliphatic heterocycles. The van der Waals surface area contributed by atoms with Crippen LogP contribution in [0.25, 0.3) is 5.69 Å². The number of hydrogen-bond donors (Lipinski definition) is 1. The molecule has 0 saturated heterocycles. The molecule has 0 aliphatic carbocycles. The summed E-state index contributed by atoms with van der Waals surface area (Å²) in [6.45, 7) is 5.38. The molecule has 1 aromatic heterocycles. The molecule has 1 N–H and O–H groups in total. The van der Waals surface area contributed by atoms with Crippen LogP contribution in [0, 0.1) is 0 Å². The molecule has 0 saturated carbocycles. The van der Waals surface area contributed by atoms with Gasteiger partial charge in [-0.05, 0) is 31.0 Å². The summed E-state index contributed by atoms with van der Waals surface area (Å²) in [6.07, 6.45) is 1.48. The Morgan fingerprint density at radius 3 is 2.50 bits per heavy atom. The topological polar surface area (TPSA) is 75.4 Å². The first-order valence-corrected chi connectivity index (χ1v) is 7.95. The molecule has 1 atom stereocenters. The van der Waals surface area contributed by atoms with Crippen LogP contribution in [-0.2, 0) is 4.79 Å². The number of likely N-dealkylation sites (N-methyl/N-ethyl adjacent to an activating group) is 1. The van der Waals surface area contributed by atoms with Crippen LogP contribution in [0.15, 0.2) is 30.5 Å². The van der Waals surface area contributed by atoms with Crippen molar-refractivity contribution in [2.75, 3.05) is 7.05 Å². The smallest absolute Gasteiger partial charge is 0.326 e. The predicted octanol–water partition coefficient (Wildman–Crippen LogP) is 3.19. The Hall–Kier alpha value is -2.34. The Labute approximate surface area is 145 Å². The first kappa shape index (κ1) is 18.0. The highest BCUT2D eigenvalue weighted by Gasteiger charge is 2.28. The minimum absolute atomic E-state index is 0.0129. The molecule has 0 aliphatic rings. The van der Waals surface area contributed by atoms with Gasteiger partial charge in [-0.25, -0.2) is 9.48 Å². The summed E-state index contributed by atoms with van der Waals surface area (Å²) >= 11 is 6.04. The van der Waals surface area contributed by atoms with Crippen LogP contribution in [0.5, 0.6) is 0 Å². The second-order valence-corrected chi connectivity index (χ2v) is 6.36. The lowest BCUT2D eigenvalue weighted by Crippen LogP contribution is -2.40. The van der Waals surface area contributed by atoms with Gasteiger partial charge in [0.2, 0.25) is 0 Å². The van der Waals surface area contributed by atoms with Gasteiger partial charge in [0, 0.05) is 12.1 Å². The molecular formula is C17H20ClN3O3. The van der Waals surface area contributed by atoms with Crippen LogP contribution in [-0.4, -0.2) is 44.8 Å². The minimum atomic E-state index is -1.06. The molecule has 0 spiro atoms. The largest absolute Gasteiger partial charge is 0.480 e. The third kappa shape index (κ3) is 3.43. The molecule has 1 unspecified atom stereocenters. The summed E-state index contributed by atoms with van der Waals surface area (Å²) in [4.78, 5) is 25.0. The lowest BCUT2D eigenvalue weighted by atomic mass is 10.0. The summed E-state index contributed by atoms with van der Waals surface area (Å²) < 4.78 is 1.67. The van der Waals surface area contributed by atoms with E-state index >= 15 is 0 Å². The fourth-order valence-corrected chi connectivity index (χ4v) is 2.61. The summed E-state index contributed by atoms with van der Waals surface area (Å²) in [5, 5.41) is 14.0. The van der Waals surface area contributed by atoms with Crippen molar-refractivity contribution in [1.82, 2.24) is 14.7 Å². The Balaban J connectivity index is 2.49. The number of carboxylic acid groups (broad SMARTS) is 1. The van der Waals surface area contributed by atoms with Gasteiger partial charge in [0.25, 0.3) is 5.91 Å². The van der Waals surface area contributed by atoms with Crippen molar-refractivity contribution < 1.29 is 14.7 Å². The summed E-state index contributed by atoms with van der Waals surface area (Å²) in [5.74, 6) is -1.42. The molecular weight excluding hydrogens is 330 g/mol. The fraction of sp³-hybridized carbons (Fsp3) is 0.353. The molecule has 6 nitrogen and oxygen atoms in total. The van der Waals surface area contributed by atoms with Crippen LogP contribution < -0.4 is 0 Å². The Morgan fingerprint density at radius 1 is 1.29 bits per heavy atom. The molecule has 0 fully saturated rings. The zero-order valence-corrected chi connectivity index (χ0v) is 14.8. The van der Waals surface area contributed by atoms with E-state index < -0.39 is 12.0 Å². The van der Waals surface area contributed by atoms with E-state index in [9.17, 15) is 9.59 Å². The van der Waals surface area contributed by atoms with Gasteiger partial charge >= 0.3 is 5.97 Å². The second-order valence-electron chi connectivity index (χ2n) is 5.92. The SMILES string of the molecule is CC(C)c1c(C(=O)N(C)C(C)C(=O)O)cnn1-c1cccc(Cl)c1. The number of nitrogens with zero attached hydrogens (tertiary/aromatic N) is 3. The van der Waals surface area contributed by atoms with Gasteiger partial charge < -0.3 is 10.0 Å². The standard InChI is InChI=1S/C17H20ClN3O3/c1-10(2)15-14(16(22)20(4)11(3)17(23)24)9-19-21(15)13-7-5-6-12(18)8-13/h5-11H,1-4H3,(H,23,24). The van der Waals surface area contributed by atoms with Gasteiger partial charge in [-0.1, -0.05) is 31.5 Å². The molecule has 0 bridgehead atoms. The van der Waals surface area contributed by atoms with Crippen LogP contribution in [0.2, 0.25) is 5.02 Å². The average Bonchev–Trinajstić information content (AvgIpc) is 2.97. The lowest BCUT2D eigenvalue weighted by Gasteiger charge is -2.22. The zero-order valence-electron chi connectivity index (χ0n) is 14.0. The molecule has 0 radical (unpaired) electrons. The number of rotatable bonds is 5. The fourth-order valence-electron chi connectivity index (χ4n) is 2.42. The average molecular weight is 350 g/mol.